The summed E-state index contributed by atoms with van der Waals surface area (Å²) in [6.45, 7) is 2.34. The smallest absolute Gasteiger partial charge is 0.240 e. The van der Waals surface area contributed by atoms with E-state index in [1.165, 1.54) is 0 Å². The van der Waals surface area contributed by atoms with Gasteiger partial charge in [0.2, 0.25) is 23.8 Å². The van der Waals surface area contributed by atoms with Crippen molar-refractivity contribution in [3.8, 4) is 0 Å². The minimum atomic E-state index is -0.590. The predicted octanol–water partition coefficient (Wildman–Crippen LogP) is -1.96. The summed E-state index contributed by atoms with van der Waals surface area (Å²) in [6.07, 6.45) is 4.02. The molecule has 5 atom stereocenters. The molecule has 3 rings (SSSR count). The van der Waals surface area contributed by atoms with E-state index in [9.17, 15) is 4.79 Å². The van der Waals surface area contributed by atoms with Crippen LogP contribution >= 0.6 is 24.2 Å². The third-order valence-electron chi connectivity index (χ3n) is 5.47. The number of nitrogens with one attached hydrogen (secondary N) is 1. The first kappa shape index (κ1) is 26.6. The van der Waals surface area contributed by atoms with Crippen molar-refractivity contribution in [2.75, 3.05) is 53.3 Å². The zero-order valence-electron chi connectivity index (χ0n) is 18.4. The monoisotopic (exact) mass is 489 g/mol. The number of primary amides is 1. The molecule has 0 unspecified atom stereocenters. The molecule has 14 heteroatoms. The van der Waals surface area contributed by atoms with Crippen LogP contribution in [-0.4, -0.2) is 89.3 Å². The van der Waals surface area contributed by atoms with E-state index in [2.05, 4.69) is 20.3 Å². The molecule has 11 N–H and O–H groups in total. The van der Waals surface area contributed by atoms with Gasteiger partial charge in [0.25, 0.3) is 0 Å². The average Bonchev–Trinajstić information content (AvgIpc) is 2.69. The zero-order valence-corrected chi connectivity index (χ0v) is 20.0. The van der Waals surface area contributed by atoms with E-state index in [-0.39, 0.29) is 42.5 Å². The van der Waals surface area contributed by atoms with Crippen LogP contribution in [-0.2, 0) is 4.79 Å². The third-order valence-corrected chi connectivity index (χ3v) is 6.11. The fourth-order valence-electron chi connectivity index (χ4n) is 4.06. The SMILES string of the molecule is CSCC[C@@H](Nc1nc(N2C[C@H](N)C[C@H](N)C2)nc(N2C[C@H](N)C[C@H](N)C2)n1)C(N)=O.Cl. The molecule has 1 aromatic heterocycles. The predicted molar refractivity (Wildman–Crippen MR) is 132 cm³/mol. The number of nitrogens with zero attached hydrogens (tertiary/aromatic N) is 5. The van der Waals surface area contributed by atoms with Crippen LogP contribution in [0, 0.1) is 0 Å². The highest BCUT2D eigenvalue weighted by molar-refractivity contribution is 7.98. The molecule has 2 fully saturated rings. The van der Waals surface area contributed by atoms with Gasteiger partial charge in [-0.2, -0.15) is 26.7 Å². The number of anilines is 3. The summed E-state index contributed by atoms with van der Waals surface area (Å²) in [5, 5.41) is 3.09. The molecule has 0 aliphatic carbocycles. The van der Waals surface area contributed by atoms with E-state index in [0.29, 0.717) is 44.5 Å². The molecule has 0 bridgehead atoms. The fraction of sp³-hybridized carbons (Fsp3) is 0.778. The van der Waals surface area contributed by atoms with Crippen LogP contribution in [0.1, 0.15) is 19.3 Å². The molecule has 0 radical (unpaired) electrons. The van der Waals surface area contributed by atoms with Crippen molar-refractivity contribution in [2.24, 2.45) is 28.7 Å². The van der Waals surface area contributed by atoms with Crippen molar-refractivity contribution in [1.29, 1.82) is 0 Å². The topological polar surface area (TPSA) is 204 Å². The number of nitrogens with two attached hydrogens (primary N) is 5. The van der Waals surface area contributed by atoms with E-state index < -0.39 is 11.9 Å². The quantitative estimate of drug-likeness (QED) is 0.235. The molecule has 1 aromatic rings. The molecular formula is C18H36ClN11OS. The van der Waals surface area contributed by atoms with Gasteiger partial charge in [-0.1, -0.05) is 0 Å². The first-order chi connectivity index (χ1) is 14.7. The Morgan fingerprint density at radius 2 is 1.41 bits per heavy atom. The lowest BCUT2D eigenvalue weighted by molar-refractivity contribution is -0.118. The van der Waals surface area contributed by atoms with E-state index in [1.54, 1.807) is 11.8 Å². The molecule has 0 saturated carbocycles. The zero-order chi connectivity index (χ0) is 22.5. The van der Waals surface area contributed by atoms with E-state index in [4.69, 9.17) is 28.7 Å². The summed E-state index contributed by atoms with van der Waals surface area (Å²) in [6, 6.07) is -0.879. The number of carbonyl (C=O) groups is 1. The minimum Gasteiger partial charge on any atom is -0.368 e. The lowest BCUT2D eigenvalue weighted by Gasteiger charge is -2.37. The Morgan fingerprint density at radius 3 is 1.78 bits per heavy atom. The number of rotatable bonds is 8. The third kappa shape index (κ3) is 7.18. The second-order valence-corrected chi connectivity index (χ2v) is 9.45. The Hall–Kier alpha value is -1.64. The van der Waals surface area contributed by atoms with Crippen molar-refractivity contribution < 1.29 is 4.79 Å². The molecule has 182 valence electrons. The molecule has 2 aliphatic heterocycles. The van der Waals surface area contributed by atoms with Gasteiger partial charge in [0.1, 0.15) is 6.04 Å². The number of amides is 1. The van der Waals surface area contributed by atoms with Gasteiger partial charge >= 0.3 is 0 Å². The maximum Gasteiger partial charge on any atom is 0.240 e. The standard InChI is InChI=1S/C18H35N11OS.ClH/c1-31-3-2-14(15(23)30)24-16-25-17(28-6-10(19)4-11(20)7-28)27-18(26-16)29-8-12(21)5-13(22)9-29;/h10-14H,2-9,19-22H2,1H3,(H2,23,30)(H,24,25,26,27);1H/t10-,11+,12-,13+,14-;/m1./s1. The fourth-order valence-corrected chi connectivity index (χ4v) is 4.53. The summed E-state index contributed by atoms with van der Waals surface area (Å²) >= 11 is 1.64. The first-order valence-corrected chi connectivity index (χ1v) is 12.0. The van der Waals surface area contributed by atoms with Crippen LogP contribution < -0.4 is 43.8 Å². The number of piperidine rings is 2. The van der Waals surface area contributed by atoms with Crippen molar-refractivity contribution in [3.63, 3.8) is 0 Å². The number of thioether (sulfide) groups is 1. The molecule has 0 spiro atoms. The van der Waals surface area contributed by atoms with Crippen LogP contribution in [0.25, 0.3) is 0 Å². The number of hydrogen-bond acceptors (Lipinski definition) is 12. The maximum absolute atomic E-state index is 11.9. The first-order valence-electron chi connectivity index (χ1n) is 10.6. The normalized spacial score (nSPS) is 26.9. The highest BCUT2D eigenvalue weighted by atomic mass is 35.5. The molecule has 2 saturated heterocycles. The van der Waals surface area contributed by atoms with E-state index in [0.717, 1.165) is 18.6 Å². The number of halogens is 1. The van der Waals surface area contributed by atoms with Gasteiger partial charge in [-0.05, 0) is 31.3 Å². The molecule has 1 amide bonds. The van der Waals surface area contributed by atoms with Crippen molar-refractivity contribution in [1.82, 2.24) is 15.0 Å². The summed E-state index contributed by atoms with van der Waals surface area (Å²) in [5.74, 6) is 1.52. The largest absolute Gasteiger partial charge is 0.368 e. The molecule has 3 heterocycles. The molecule has 32 heavy (non-hydrogen) atoms. The van der Waals surface area contributed by atoms with Gasteiger partial charge < -0.3 is 43.8 Å². The Labute approximate surface area is 199 Å². The van der Waals surface area contributed by atoms with Crippen molar-refractivity contribution in [3.05, 3.63) is 0 Å². The van der Waals surface area contributed by atoms with Crippen molar-refractivity contribution in [2.45, 2.75) is 49.5 Å². The Kier molecular flexibility index (Phi) is 9.98. The summed E-state index contributed by atoms with van der Waals surface area (Å²) in [5.41, 5.74) is 30.3. The molecule has 2 aliphatic rings. The van der Waals surface area contributed by atoms with Crippen LogP contribution in [0.4, 0.5) is 17.8 Å². The van der Waals surface area contributed by atoms with Crippen LogP contribution in [0.5, 0.6) is 0 Å². The number of hydrogen-bond donors (Lipinski definition) is 6. The van der Waals surface area contributed by atoms with Crippen LogP contribution in [0.15, 0.2) is 0 Å². The highest BCUT2D eigenvalue weighted by Gasteiger charge is 2.29. The van der Waals surface area contributed by atoms with Gasteiger partial charge in [-0.15, -0.1) is 12.4 Å². The average molecular weight is 490 g/mol. The van der Waals surface area contributed by atoms with E-state index >= 15 is 0 Å². The second-order valence-electron chi connectivity index (χ2n) is 8.46. The van der Waals surface area contributed by atoms with Gasteiger partial charge in [-0.25, -0.2) is 0 Å². The Bertz CT molecular complexity index is 695. The molecular weight excluding hydrogens is 454 g/mol. The minimum absolute atomic E-state index is 0. The van der Waals surface area contributed by atoms with Gasteiger partial charge in [0.15, 0.2) is 0 Å². The van der Waals surface area contributed by atoms with Crippen LogP contribution in [0.3, 0.4) is 0 Å². The Balaban J connectivity index is 0.00000363. The highest BCUT2D eigenvalue weighted by Crippen LogP contribution is 2.22. The number of aromatic nitrogens is 3. The maximum atomic E-state index is 11.9. The van der Waals surface area contributed by atoms with Gasteiger partial charge in [0, 0.05) is 50.3 Å². The second kappa shape index (κ2) is 12.0. The van der Waals surface area contributed by atoms with E-state index in [1.807, 2.05) is 16.1 Å². The van der Waals surface area contributed by atoms with Crippen molar-refractivity contribution >= 4 is 47.9 Å². The number of carbonyl (C=O) groups excluding carboxylic acids is 1. The summed E-state index contributed by atoms with van der Waals surface area (Å²) in [7, 11) is 0. The summed E-state index contributed by atoms with van der Waals surface area (Å²) < 4.78 is 0. The molecule has 12 nitrogen and oxygen atoms in total. The molecule has 0 aromatic carbocycles. The summed E-state index contributed by atoms with van der Waals surface area (Å²) in [4.78, 5) is 29.7. The van der Waals surface area contributed by atoms with Crippen LogP contribution in [0.2, 0.25) is 0 Å². The lowest BCUT2D eigenvalue weighted by atomic mass is 10.0. The van der Waals surface area contributed by atoms with Gasteiger partial charge in [-0.3, -0.25) is 4.79 Å². The van der Waals surface area contributed by atoms with Gasteiger partial charge in [0.05, 0.1) is 0 Å². The lowest BCUT2D eigenvalue weighted by Crippen LogP contribution is -2.54. The Morgan fingerprint density at radius 1 is 0.969 bits per heavy atom.